The molecular formula is C11H13F3N2O. The minimum absolute atomic E-state index is 0.00268. The van der Waals surface area contributed by atoms with Crippen molar-refractivity contribution < 1.29 is 18.3 Å². The Morgan fingerprint density at radius 1 is 1.41 bits per heavy atom. The van der Waals surface area contributed by atoms with Crippen LogP contribution in [0.15, 0.2) is 18.3 Å². The Morgan fingerprint density at radius 3 is 2.71 bits per heavy atom. The molecule has 1 fully saturated rings. The fourth-order valence-corrected chi connectivity index (χ4v) is 2.05. The highest BCUT2D eigenvalue weighted by Crippen LogP contribution is 2.30. The van der Waals surface area contributed by atoms with Gasteiger partial charge in [-0.05, 0) is 25.0 Å². The van der Waals surface area contributed by atoms with Crippen LogP contribution in [0.1, 0.15) is 18.4 Å². The molecule has 2 rings (SSSR count). The normalized spacial score (nSPS) is 20.9. The van der Waals surface area contributed by atoms with Crippen molar-refractivity contribution in [1.29, 1.82) is 0 Å². The van der Waals surface area contributed by atoms with E-state index in [1.165, 1.54) is 6.07 Å². The second kappa shape index (κ2) is 4.52. The average molecular weight is 246 g/mol. The van der Waals surface area contributed by atoms with E-state index in [0.717, 1.165) is 31.6 Å². The largest absolute Gasteiger partial charge is 0.417 e. The summed E-state index contributed by atoms with van der Waals surface area (Å²) in [5.41, 5.74) is -0.749. The number of nitrogens with zero attached hydrogens (tertiary/aromatic N) is 2. The van der Waals surface area contributed by atoms with E-state index < -0.39 is 11.7 Å². The van der Waals surface area contributed by atoms with E-state index in [0.29, 0.717) is 5.82 Å². The quantitative estimate of drug-likeness (QED) is 0.867. The molecule has 1 atom stereocenters. The highest BCUT2D eigenvalue weighted by Gasteiger charge is 2.31. The first-order valence-electron chi connectivity index (χ1n) is 5.43. The van der Waals surface area contributed by atoms with E-state index in [1.54, 1.807) is 0 Å². The Hall–Kier alpha value is -1.30. The lowest BCUT2D eigenvalue weighted by Gasteiger charge is -2.24. The van der Waals surface area contributed by atoms with E-state index in [9.17, 15) is 13.2 Å². The molecule has 2 heterocycles. The van der Waals surface area contributed by atoms with Gasteiger partial charge < -0.3 is 10.0 Å². The highest BCUT2D eigenvalue weighted by molar-refractivity contribution is 5.42. The van der Waals surface area contributed by atoms with Crippen LogP contribution in [0.5, 0.6) is 0 Å². The zero-order chi connectivity index (χ0) is 12.5. The van der Waals surface area contributed by atoms with Gasteiger partial charge in [0.2, 0.25) is 0 Å². The third-order valence-electron chi connectivity index (χ3n) is 2.96. The van der Waals surface area contributed by atoms with Crippen LogP contribution in [0.25, 0.3) is 0 Å². The maximum absolute atomic E-state index is 12.3. The fraction of sp³-hybridized carbons (Fsp3) is 0.545. The molecule has 6 heteroatoms. The molecule has 1 saturated heterocycles. The van der Waals surface area contributed by atoms with Gasteiger partial charge in [-0.3, -0.25) is 0 Å². The number of aromatic nitrogens is 1. The summed E-state index contributed by atoms with van der Waals surface area (Å²) in [6.45, 7) is 0.728. The van der Waals surface area contributed by atoms with Crippen LogP contribution in [0.3, 0.4) is 0 Å². The SMILES string of the molecule is OCC1CCCN1c1ccc(C(F)(F)F)cn1. The van der Waals surface area contributed by atoms with Crippen molar-refractivity contribution in [1.82, 2.24) is 4.98 Å². The predicted octanol–water partition coefficient (Wildman–Crippen LogP) is 2.06. The van der Waals surface area contributed by atoms with Gasteiger partial charge >= 0.3 is 6.18 Å². The van der Waals surface area contributed by atoms with Crippen LogP contribution in [-0.4, -0.2) is 29.3 Å². The smallest absolute Gasteiger partial charge is 0.394 e. The van der Waals surface area contributed by atoms with Crippen LogP contribution in [0.2, 0.25) is 0 Å². The van der Waals surface area contributed by atoms with Crippen LogP contribution in [0.4, 0.5) is 19.0 Å². The molecule has 0 saturated carbocycles. The Kier molecular flexibility index (Phi) is 3.24. The first-order valence-corrected chi connectivity index (χ1v) is 5.43. The van der Waals surface area contributed by atoms with Crippen molar-refractivity contribution in [3.63, 3.8) is 0 Å². The first-order chi connectivity index (χ1) is 8.02. The summed E-state index contributed by atoms with van der Waals surface area (Å²) in [7, 11) is 0. The molecule has 1 aliphatic rings. The molecule has 0 amide bonds. The van der Waals surface area contributed by atoms with E-state index >= 15 is 0 Å². The van der Waals surface area contributed by atoms with Gasteiger partial charge in [-0.15, -0.1) is 0 Å². The molecule has 1 N–H and O–H groups in total. The van der Waals surface area contributed by atoms with Crippen molar-refractivity contribution in [2.24, 2.45) is 0 Å². The molecule has 3 nitrogen and oxygen atoms in total. The Labute approximate surface area is 96.9 Å². The second-order valence-corrected chi connectivity index (χ2v) is 4.07. The molecule has 1 aromatic heterocycles. The van der Waals surface area contributed by atoms with Gasteiger partial charge in [0.25, 0.3) is 0 Å². The maximum Gasteiger partial charge on any atom is 0.417 e. The molecule has 94 valence electrons. The number of rotatable bonds is 2. The highest BCUT2D eigenvalue weighted by atomic mass is 19.4. The number of pyridine rings is 1. The minimum Gasteiger partial charge on any atom is -0.394 e. The van der Waals surface area contributed by atoms with Gasteiger partial charge in [-0.2, -0.15) is 13.2 Å². The number of hydrogen-bond donors (Lipinski definition) is 1. The third kappa shape index (κ3) is 2.52. The number of aliphatic hydroxyl groups excluding tert-OH is 1. The molecule has 1 aliphatic heterocycles. The van der Waals surface area contributed by atoms with E-state index in [1.807, 2.05) is 4.90 Å². The topological polar surface area (TPSA) is 36.4 Å². The van der Waals surface area contributed by atoms with Crippen LogP contribution in [-0.2, 0) is 6.18 Å². The van der Waals surface area contributed by atoms with Gasteiger partial charge in [0.05, 0.1) is 18.2 Å². The number of hydrogen-bond acceptors (Lipinski definition) is 3. The molecule has 0 spiro atoms. The number of anilines is 1. The standard InChI is InChI=1S/C11H13F3N2O/c12-11(13,14)8-3-4-10(15-6-8)16-5-1-2-9(16)7-17/h3-4,6,9,17H,1-2,5,7H2. The fourth-order valence-electron chi connectivity index (χ4n) is 2.05. The van der Waals surface area contributed by atoms with Gasteiger partial charge in [0.1, 0.15) is 5.82 Å². The number of aliphatic hydroxyl groups is 1. The summed E-state index contributed by atoms with van der Waals surface area (Å²) >= 11 is 0. The summed E-state index contributed by atoms with van der Waals surface area (Å²) in [6.07, 6.45) is -1.75. The summed E-state index contributed by atoms with van der Waals surface area (Å²) in [6, 6.07) is 2.35. The molecule has 0 aromatic carbocycles. The van der Waals surface area contributed by atoms with Crippen LogP contribution >= 0.6 is 0 Å². The second-order valence-electron chi connectivity index (χ2n) is 4.07. The molecule has 0 radical (unpaired) electrons. The zero-order valence-electron chi connectivity index (χ0n) is 9.11. The molecule has 0 aliphatic carbocycles. The predicted molar refractivity (Wildman–Crippen MR) is 56.7 cm³/mol. The minimum atomic E-state index is -4.35. The van der Waals surface area contributed by atoms with Crippen molar-refractivity contribution in [3.8, 4) is 0 Å². The average Bonchev–Trinajstić information content (AvgIpc) is 2.76. The van der Waals surface area contributed by atoms with Gasteiger partial charge in [-0.25, -0.2) is 4.98 Å². The van der Waals surface area contributed by atoms with Crippen molar-refractivity contribution in [2.75, 3.05) is 18.1 Å². The van der Waals surface area contributed by atoms with E-state index in [4.69, 9.17) is 5.11 Å². The number of alkyl halides is 3. The van der Waals surface area contributed by atoms with E-state index in [2.05, 4.69) is 4.98 Å². The lowest BCUT2D eigenvalue weighted by molar-refractivity contribution is -0.137. The number of halogens is 3. The maximum atomic E-state index is 12.3. The Morgan fingerprint density at radius 2 is 2.18 bits per heavy atom. The Balaban J connectivity index is 2.18. The monoisotopic (exact) mass is 246 g/mol. The van der Waals surface area contributed by atoms with Crippen molar-refractivity contribution >= 4 is 5.82 Å². The van der Waals surface area contributed by atoms with Gasteiger partial charge in [-0.1, -0.05) is 0 Å². The van der Waals surface area contributed by atoms with Crippen molar-refractivity contribution in [2.45, 2.75) is 25.1 Å². The molecule has 0 bridgehead atoms. The van der Waals surface area contributed by atoms with Crippen LogP contribution in [0, 0.1) is 0 Å². The molecule has 1 unspecified atom stereocenters. The zero-order valence-corrected chi connectivity index (χ0v) is 9.11. The molecular weight excluding hydrogens is 233 g/mol. The first kappa shape index (κ1) is 12.2. The molecule has 1 aromatic rings. The summed E-state index contributed by atoms with van der Waals surface area (Å²) in [5, 5.41) is 9.13. The summed E-state index contributed by atoms with van der Waals surface area (Å²) < 4.78 is 37.0. The Bertz CT molecular complexity index is 377. The van der Waals surface area contributed by atoms with E-state index in [-0.39, 0.29) is 12.6 Å². The summed E-state index contributed by atoms with van der Waals surface area (Å²) in [5.74, 6) is 0.495. The van der Waals surface area contributed by atoms with Crippen molar-refractivity contribution in [3.05, 3.63) is 23.9 Å². The third-order valence-corrected chi connectivity index (χ3v) is 2.96. The van der Waals surface area contributed by atoms with Gasteiger partial charge in [0, 0.05) is 12.7 Å². The lowest BCUT2D eigenvalue weighted by atomic mass is 10.2. The van der Waals surface area contributed by atoms with Gasteiger partial charge in [0.15, 0.2) is 0 Å². The summed E-state index contributed by atoms with van der Waals surface area (Å²) in [4.78, 5) is 5.67. The van der Waals surface area contributed by atoms with Crippen LogP contribution < -0.4 is 4.90 Å². The lowest BCUT2D eigenvalue weighted by Crippen LogP contribution is -2.32. The molecule has 17 heavy (non-hydrogen) atoms.